The highest BCUT2D eigenvalue weighted by Crippen LogP contribution is 2.24. The van der Waals surface area contributed by atoms with Crippen LogP contribution in [0.3, 0.4) is 0 Å². The molecule has 4 rings (SSSR count). The molecule has 0 saturated carbocycles. The van der Waals surface area contributed by atoms with Gasteiger partial charge in [-0.05, 0) is 71.9 Å². The number of nitrogens with one attached hydrogen (secondary N) is 1. The van der Waals surface area contributed by atoms with E-state index >= 15 is 0 Å². The first kappa shape index (κ1) is 22.9. The number of carbonyl (C=O) groups excluding carboxylic acids is 1. The van der Waals surface area contributed by atoms with E-state index in [0.29, 0.717) is 29.4 Å². The Kier molecular flexibility index (Phi) is 6.83. The van der Waals surface area contributed by atoms with E-state index in [2.05, 4.69) is 20.8 Å². The van der Waals surface area contributed by atoms with E-state index in [1.54, 1.807) is 55.5 Å². The summed E-state index contributed by atoms with van der Waals surface area (Å²) in [5.41, 5.74) is 1.84. The number of nitrogens with zero attached hydrogens (tertiary/aromatic N) is 5. The largest absolute Gasteiger partial charge is 0.484 e. The molecule has 0 aliphatic carbocycles. The number of amides is 1. The highest BCUT2D eigenvalue weighted by molar-refractivity contribution is 7.92. The molecule has 1 heterocycles. The van der Waals surface area contributed by atoms with Crippen molar-refractivity contribution in [2.75, 3.05) is 22.8 Å². The number of para-hydroxylation sites is 1. The normalized spacial score (nSPS) is 11.1. The van der Waals surface area contributed by atoms with Crippen LogP contribution in [0.2, 0.25) is 0 Å². The van der Waals surface area contributed by atoms with E-state index in [1.165, 1.54) is 39.6 Å². The molecular weight excluding hydrogens is 456 g/mol. The quantitative estimate of drug-likeness (QED) is 0.393. The van der Waals surface area contributed by atoms with Crippen LogP contribution in [-0.4, -0.2) is 47.7 Å². The molecule has 0 atom stereocenters. The molecule has 0 spiro atoms. The van der Waals surface area contributed by atoms with E-state index in [-0.39, 0.29) is 17.4 Å². The summed E-state index contributed by atoms with van der Waals surface area (Å²) in [4.78, 5) is 12.4. The summed E-state index contributed by atoms with van der Waals surface area (Å²) in [6.45, 7) is 1.82. The van der Waals surface area contributed by atoms with Crippen molar-refractivity contribution >= 4 is 27.3 Å². The minimum Gasteiger partial charge on any atom is -0.484 e. The van der Waals surface area contributed by atoms with Crippen molar-refractivity contribution in [3.05, 3.63) is 85.2 Å². The summed E-state index contributed by atoms with van der Waals surface area (Å²) in [6, 6.07) is 21.9. The van der Waals surface area contributed by atoms with Crippen LogP contribution in [0, 0.1) is 0 Å². The predicted octanol–water partition coefficient (Wildman–Crippen LogP) is 2.90. The first-order valence-corrected chi connectivity index (χ1v) is 11.9. The van der Waals surface area contributed by atoms with Crippen LogP contribution in [-0.2, 0) is 14.8 Å². The summed E-state index contributed by atoms with van der Waals surface area (Å²) in [5.74, 6) is 0.00565. The first-order chi connectivity index (χ1) is 16.5. The Morgan fingerprint density at radius 1 is 1.03 bits per heavy atom. The molecule has 34 heavy (non-hydrogen) atoms. The highest BCUT2D eigenvalue weighted by Gasteiger charge is 2.23. The zero-order valence-electron chi connectivity index (χ0n) is 18.3. The molecule has 1 aromatic heterocycles. The fraction of sp³-hybridized carbons (Fsp3) is 0.130. The van der Waals surface area contributed by atoms with Gasteiger partial charge in [0.15, 0.2) is 6.61 Å². The third-order valence-electron chi connectivity index (χ3n) is 4.86. The molecule has 10 nitrogen and oxygen atoms in total. The van der Waals surface area contributed by atoms with Crippen molar-refractivity contribution in [2.45, 2.75) is 11.8 Å². The average Bonchev–Trinajstić information content (AvgIpc) is 3.39. The van der Waals surface area contributed by atoms with Crippen LogP contribution in [0.4, 0.5) is 11.4 Å². The number of carbonyl (C=O) groups is 1. The zero-order valence-corrected chi connectivity index (χ0v) is 19.1. The van der Waals surface area contributed by atoms with Crippen LogP contribution in [0.1, 0.15) is 6.92 Å². The molecular formula is C23H22N6O4S. The minimum absolute atomic E-state index is 0.134. The lowest BCUT2D eigenvalue weighted by Gasteiger charge is -2.23. The molecule has 0 bridgehead atoms. The van der Waals surface area contributed by atoms with Crippen LogP contribution in [0.25, 0.3) is 5.69 Å². The molecule has 1 N–H and O–H groups in total. The number of tetrazole rings is 1. The average molecular weight is 479 g/mol. The molecule has 0 saturated heterocycles. The lowest BCUT2D eigenvalue weighted by molar-refractivity contribution is -0.118. The molecule has 0 fully saturated rings. The number of anilines is 2. The number of hydrogen-bond acceptors (Lipinski definition) is 7. The molecule has 1 amide bonds. The van der Waals surface area contributed by atoms with Crippen LogP contribution < -0.4 is 14.4 Å². The Bertz CT molecular complexity index is 1340. The summed E-state index contributed by atoms with van der Waals surface area (Å²) >= 11 is 0. The molecule has 3 aromatic carbocycles. The van der Waals surface area contributed by atoms with Crippen molar-refractivity contribution in [2.24, 2.45) is 0 Å². The van der Waals surface area contributed by atoms with Gasteiger partial charge in [-0.3, -0.25) is 9.10 Å². The molecule has 0 aliphatic heterocycles. The summed E-state index contributed by atoms with van der Waals surface area (Å²) in [6.07, 6.45) is 1.45. The van der Waals surface area contributed by atoms with Gasteiger partial charge in [0.1, 0.15) is 12.1 Å². The topological polar surface area (TPSA) is 119 Å². The number of aromatic nitrogens is 4. The SMILES string of the molecule is CCN(c1ccccc1)S(=O)(=O)c1ccc(OCC(=O)Nc2cccc(-n3cnnn3)c2)cc1. The van der Waals surface area contributed by atoms with Gasteiger partial charge >= 0.3 is 0 Å². The summed E-state index contributed by atoms with van der Waals surface area (Å²) in [7, 11) is -3.73. The monoisotopic (exact) mass is 478 g/mol. The maximum atomic E-state index is 13.1. The molecule has 174 valence electrons. The summed E-state index contributed by atoms with van der Waals surface area (Å²) in [5, 5.41) is 13.7. The van der Waals surface area contributed by atoms with Gasteiger partial charge in [-0.1, -0.05) is 24.3 Å². The van der Waals surface area contributed by atoms with Crippen LogP contribution in [0.5, 0.6) is 5.75 Å². The number of benzene rings is 3. The second-order valence-corrected chi connectivity index (χ2v) is 8.98. The standard InChI is InChI=1S/C23H22N6O4S/c1-2-29(19-8-4-3-5-9-19)34(31,32)22-13-11-21(12-14-22)33-16-23(30)25-18-7-6-10-20(15-18)28-17-24-26-27-28/h3-15,17H,2,16H2,1H3,(H,25,30). The van der Waals surface area contributed by atoms with Gasteiger partial charge < -0.3 is 10.1 Å². The third kappa shape index (κ3) is 5.21. The number of ether oxygens (including phenoxy) is 1. The lowest BCUT2D eigenvalue weighted by atomic mass is 10.3. The Balaban J connectivity index is 1.37. The third-order valence-corrected chi connectivity index (χ3v) is 6.77. The molecule has 11 heteroatoms. The highest BCUT2D eigenvalue weighted by atomic mass is 32.2. The van der Waals surface area contributed by atoms with E-state index < -0.39 is 10.0 Å². The first-order valence-electron chi connectivity index (χ1n) is 10.4. The van der Waals surface area contributed by atoms with Gasteiger partial charge in [-0.2, -0.15) is 0 Å². The van der Waals surface area contributed by atoms with Crippen LogP contribution >= 0.6 is 0 Å². The zero-order chi connectivity index (χ0) is 24.0. The van der Waals surface area contributed by atoms with Gasteiger partial charge in [-0.15, -0.1) is 5.10 Å². The molecule has 0 aliphatic rings. The van der Waals surface area contributed by atoms with E-state index in [0.717, 1.165) is 0 Å². The van der Waals surface area contributed by atoms with Gasteiger partial charge in [0, 0.05) is 12.2 Å². The van der Waals surface area contributed by atoms with Gasteiger partial charge in [0.2, 0.25) is 0 Å². The van der Waals surface area contributed by atoms with Crippen molar-refractivity contribution < 1.29 is 17.9 Å². The number of hydrogen-bond donors (Lipinski definition) is 1. The number of rotatable bonds is 9. The Morgan fingerprint density at radius 3 is 2.47 bits per heavy atom. The maximum Gasteiger partial charge on any atom is 0.264 e. The van der Waals surface area contributed by atoms with E-state index in [4.69, 9.17) is 4.74 Å². The van der Waals surface area contributed by atoms with Gasteiger partial charge in [0.05, 0.1) is 16.3 Å². The Labute approximate surface area is 196 Å². The predicted molar refractivity (Wildman–Crippen MR) is 126 cm³/mol. The lowest BCUT2D eigenvalue weighted by Crippen LogP contribution is -2.30. The second kappa shape index (κ2) is 10.1. The minimum atomic E-state index is -3.73. The van der Waals surface area contributed by atoms with E-state index in [9.17, 15) is 13.2 Å². The molecule has 4 aromatic rings. The van der Waals surface area contributed by atoms with Crippen molar-refractivity contribution in [1.82, 2.24) is 20.2 Å². The van der Waals surface area contributed by atoms with Gasteiger partial charge in [0.25, 0.3) is 15.9 Å². The Morgan fingerprint density at radius 2 is 1.79 bits per heavy atom. The number of sulfonamides is 1. The second-order valence-electron chi connectivity index (χ2n) is 7.12. The maximum absolute atomic E-state index is 13.1. The smallest absolute Gasteiger partial charge is 0.264 e. The van der Waals surface area contributed by atoms with E-state index in [1.807, 2.05) is 6.07 Å². The van der Waals surface area contributed by atoms with Gasteiger partial charge in [-0.25, -0.2) is 13.1 Å². The fourth-order valence-electron chi connectivity index (χ4n) is 3.27. The fourth-order valence-corrected chi connectivity index (χ4v) is 4.75. The summed E-state index contributed by atoms with van der Waals surface area (Å²) < 4.78 is 34.5. The molecule has 0 unspecified atom stereocenters. The Hall–Kier alpha value is -4.25. The van der Waals surface area contributed by atoms with Crippen molar-refractivity contribution in [3.8, 4) is 11.4 Å². The van der Waals surface area contributed by atoms with Crippen molar-refractivity contribution in [3.63, 3.8) is 0 Å². The van der Waals surface area contributed by atoms with Crippen LogP contribution in [0.15, 0.2) is 90.1 Å². The molecule has 0 radical (unpaired) electrons. The van der Waals surface area contributed by atoms with Crippen molar-refractivity contribution in [1.29, 1.82) is 0 Å².